The lowest BCUT2D eigenvalue weighted by molar-refractivity contribution is 0.0706. The molecule has 0 fully saturated rings. The molecular weight excluding hydrogens is 333 g/mol. The zero-order valence-corrected chi connectivity index (χ0v) is 14.1. The second-order valence-corrected chi connectivity index (χ2v) is 6.17. The van der Waals surface area contributed by atoms with Gasteiger partial charge in [0.05, 0.1) is 18.8 Å². The third-order valence-electron chi connectivity index (χ3n) is 4.42. The van der Waals surface area contributed by atoms with E-state index in [0.717, 1.165) is 5.69 Å². The second-order valence-electron chi connectivity index (χ2n) is 6.17. The van der Waals surface area contributed by atoms with Gasteiger partial charge in [0.2, 0.25) is 5.88 Å². The number of ether oxygens (including phenoxy) is 1. The van der Waals surface area contributed by atoms with Crippen LogP contribution in [0.25, 0.3) is 0 Å². The number of carbonyl (C=O) groups excluding carboxylic acids is 1. The maximum Gasteiger partial charge on any atom is 0.254 e. The van der Waals surface area contributed by atoms with Gasteiger partial charge in [-0.15, -0.1) is 5.10 Å². The number of aromatic nitrogens is 2. The van der Waals surface area contributed by atoms with Crippen LogP contribution < -0.4 is 4.74 Å². The Hall–Kier alpha value is -3.15. The van der Waals surface area contributed by atoms with Crippen molar-refractivity contribution in [3.05, 3.63) is 83.3 Å². The Morgan fingerprint density at radius 3 is 2.65 bits per heavy atom. The number of fused-ring (bicyclic) bond motifs is 1. The Kier molecular flexibility index (Phi) is 4.39. The standard InChI is InChI=1S/C20H18FN3O2/c21-18-9-5-4-8-16(18)14-26-19-12-17-13-23(10-11-24(17)22-19)20(25)15-6-2-1-3-7-15/h1-9,12H,10-11,13-14H2. The average Bonchev–Trinajstić information content (AvgIpc) is 3.09. The van der Waals surface area contributed by atoms with Gasteiger partial charge < -0.3 is 9.64 Å². The molecule has 4 rings (SSSR count). The quantitative estimate of drug-likeness (QED) is 0.725. The van der Waals surface area contributed by atoms with Crippen LogP contribution in [0.4, 0.5) is 4.39 Å². The average molecular weight is 351 g/mol. The fraction of sp³-hybridized carbons (Fsp3) is 0.200. The molecule has 0 atom stereocenters. The first-order valence-electron chi connectivity index (χ1n) is 8.48. The molecule has 1 aromatic heterocycles. The fourth-order valence-corrected chi connectivity index (χ4v) is 3.01. The van der Waals surface area contributed by atoms with Crippen molar-refractivity contribution >= 4 is 5.91 Å². The minimum absolute atomic E-state index is 0.00637. The van der Waals surface area contributed by atoms with Gasteiger partial charge in [-0.05, 0) is 18.2 Å². The molecule has 3 aromatic rings. The normalized spacial score (nSPS) is 13.3. The molecule has 0 bridgehead atoms. The third kappa shape index (κ3) is 3.31. The van der Waals surface area contributed by atoms with Crippen LogP contribution in [0.2, 0.25) is 0 Å². The van der Waals surface area contributed by atoms with E-state index < -0.39 is 0 Å². The molecule has 26 heavy (non-hydrogen) atoms. The molecule has 0 spiro atoms. The molecule has 0 radical (unpaired) electrons. The van der Waals surface area contributed by atoms with Crippen molar-refractivity contribution in [3.8, 4) is 5.88 Å². The van der Waals surface area contributed by atoms with Gasteiger partial charge in [0.25, 0.3) is 5.91 Å². The first-order chi connectivity index (χ1) is 12.7. The summed E-state index contributed by atoms with van der Waals surface area (Å²) in [6.45, 7) is 1.80. The highest BCUT2D eigenvalue weighted by Crippen LogP contribution is 2.21. The molecule has 5 nitrogen and oxygen atoms in total. The highest BCUT2D eigenvalue weighted by Gasteiger charge is 2.23. The van der Waals surface area contributed by atoms with Gasteiger partial charge in [0.1, 0.15) is 12.4 Å². The van der Waals surface area contributed by atoms with Crippen molar-refractivity contribution in [3.63, 3.8) is 0 Å². The van der Waals surface area contributed by atoms with Crippen LogP contribution in [-0.2, 0) is 19.7 Å². The monoisotopic (exact) mass is 351 g/mol. The first kappa shape index (κ1) is 16.3. The van der Waals surface area contributed by atoms with Gasteiger partial charge in [0.15, 0.2) is 0 Å². The van der Waals surface area contributed by atoms with Crippen LogP contribution >= 0.6 is 0 Å². The maximum absolute atomic E-state index is 13.7. The molecule has 0 saturated heterocycles. The Labute approximate surface area is 150 Å². The minimum atomic E-state index is -0.295. The molecule has 2 heterocycles. The molecule has 1 amide bonds. The SMILES string of the molecule is O=C(c1ccccc1)N1CCn2nc(OCc3ccccc3F)cc2C1. The number of hydrogen-bond donors (Lipinski definition) is 0. The summed E-state index contributed by atoms with van der Waals surface area (Å²) in [5.74, 6) is 0.153. The van der Waals surface area contributed by atoms with E-state index in [1.54, 1.807) is 23.1 Å². The number of benzene rings is 2. The van der Waals surface area contributed by atoms with Gasteiger partial charge in [-0.3, -0.25) is 9.48 Å². The van der Waals surface area contributed by atoms with E-state index in [2.05, 4.69) is 5.10 Å². The zero-order chi connectivity index (χ0) is 17.9. The van der Waals surface area contributed by atoms with E-state index in [1.165, 1.54) is 6.07 Å². The Bertz CT molecular complexity index is 924. The summed E-state index contributed by atoms with van der Waals surface area (Å²) < 4.78 is 21.1. The number of rotatable bonds is 4. The molecule has 0 aliphatic carbocycles. The zero-order valence-electron chi connectivity index (χ0n) is 14.1. The van der Waals surface area contributed by atoms with Crippen molar-refractivity contribution in [1.29, 1.82) is 0 Å². The van der Waals surface area contributed by atoms with E-state index in [4.69, 9.17) is 4.74 Å². The largest absolute Gasteiger partial charge is 0.472 e. The first-order valence-corrected chi connectivity index (χ1v) is 8.48. The molecule has 6 heteroatoms. The lowest BCUT2D eigenvalue weighted by atomic mass is 10.2. The lowest BCUT2D eigenvalue weighted by Gasteiger charge is -2.27. The Morgan fingerprint density at radius 1 is 1.08 bits per heavy atom. The van der Waals surface area contributed by atoms with Crippen molar-refractivity contribution in [2.75, 3.05) is 6.54 Å². The molecule has 132 valence electrons. The Balaban J connectivity index is 1.44. The van der Waals surface area contributed by atoms with Crippen LogP contribution in [0, 0.1) is 5.82 Å². The van der Waals surface area contributed by atoms with E-state index in [1.807, 2.05) is 41.1 Å². The topological polar surface area (TPSA) is 47.4 Å². The molecule has 1 aliphatic rings. The number of halogens is 1. The summed E-state index contributed by atoms with van der Waals surface area (Å²) in [5.41, 5.74) is 2.07. The van der Waals surface area contributed by atoms with Gasteiger partial charge >= 0.3 is 0 Å². The van der Waals surface area contributed by atoms with Crippen molar-refractivity contribution in [1.82, 2.24) is 14.7 Å². The number of carbonyl (C=O) groups is 1. The summed E-state index contributed by atoms with van der Waals surface area (Å²) in [4.78, 5) is 14.4. The van der Waals surface area contributed by atoms with Crippen LogP contribution in [0.15, 0.2) is 60.7 Å². The smallest absolute Gasteiger partial charge is 0.254 e. The number of hydrogen-bond acceptors (Lipinski definition) is 3. The van der Waals surface area contributed by atoms with Crippen LogP contribution in [0.1, 0.15) is 21.6 Å². The van der Waals surface area contributed by atoms with Crippen LogP contribution in [-0.4, -0.2) is 27.1 Å². The summed E-state index contributed by atoms with van der Waals surface area (Å²) in [7, 11) is 0. The van der Waals surface area contributed by atoms with Gasteiger partial charge in [-0.2, -0.15) is 0 Å². The molecule has 2 aromatic carbocycles. The van der Waals surface area contributed by atoms with Crippen LogP contribution in [0.3, 0.4) is 0 Å². The second kappa shape index (κ2) is 7.00. The molecule has 0 unspecified atom stereocenters. The summed E-state index contributed by atoms with van der Waals surface area (Å²) in [5, 5.41) is 4.40. The lowest BCUT2D eigenvalue weighted by Crippen LogP contribution is -2.38. The van der Waals surface area contributed by atoms with E-state index in [-0.39, 0.29) is 18.3 Å². The predicted octanol–water partition coefficient (Wildman–Crippen LogP) is 3.26. The van der Waals surface area contributed by atoms with E-state index in [9.17, 15) is 9.18 Å². The van der Waals surface area contributed by atoms with Crippen molar-refractivity contribution < 1.29 is 13.9 Å². The van der Waals surface area contributed by atoms with Gasteiger partial charge in [-0.25, -0.2) is 4.39 Å². The minimum Gasteiger partial charge on any atom is -0.472 e. The number of amides is 1. The highest BCUT2D eigenvalue weighted by molar-refractivity contribution is 5.94. The van der Waals surface area contributed by atoms with Crippen LogP contribution in [0.5, 0.6) is 5.88 Å². The van der Waals surface area contributed by atoms with Crippen molar-refractivity contribution in [2.45, 2.75) is 19.7 Å². The molecule has 0 N–H and O–H groups in total. The molecule has 0 saturated carbocycles. The maximum atomic E-state index is 13.7. The highest BCUT2D eigenvalue weighted by atomic mass is 19.1. The summed E-state index contributed by atoms with van der Waals surface area (Å²) in [6, 6.07) is 17.6. The predicted molar refractivity (Wildman–Crippen MR) is 94.1 cm³/mol. The van der Waals surface area contributed by atoms with Gasteiger partial charge in [0, 0.05) is 23.7 Å². The van der Waals surface area contributed by atoms with Crippen molar-refractivity contribution in [2.24, 2.45) is 0 Å². The van der Waals surface area contributed by atoms with E-state index in [0.29, 0.717) is 36.6 Å². The third-order valence-corrected chi connectivity index (χ3v) is 4.42. The summed E-state index contributed by atoms with van der Waals surface area (Å²) in [6.07, 6.45) is 0. The summed E-state index contributed by atoms with van der Waals surface area (Å²) >= 11 is 0. The van der Waals surface area contributed by atoms with Gasteiger partial charge in [-0.1, -0.05) is 36.4 Å². The fourth-order valence-electron chi connectivity index (χ4n) is 3.01. The number of nitrogens with zero attached hydrogens (tertiary/aromatic N) is 3. The molecular formula is C20H18FN3O2. The molecule has 1 aliphatic heterocycles. The van der Waals surface area contributed by atoms with E-state index >= 15 is 0 Å². The Morgan fingerprint density at radius 2 is 1.85 bits per heavy atom.